The number of nitrogens with one attached hydrogen (secondary N) is 1. The van der Waals surface area contributed by atoms with E-state index < -0.39 is 55.2 Å². The van der Waals surface area contributed by atoms with Crippen LogP contribution in [0.3, 0.4) is 0 Å². The van der Waals surface area contributed by atoms with Crippen LogP contribution in [0.25, 0.3) is 11.3 Å². The third-order valence-corrected chi connectivity index (χ3v) is 15.8. The predicted octanol–water partition coefficient (Wildman–Crippen LogP) is 8.74. The second kappa shape index (κ2) is 18.7. The van der Waals surface area contributed by atoms with E-state index in [4.69, 9.17) is 9.97 Å². The molecule has 14 nitrogen and oxygen atoms in total. The van der Waals surface area contributed by atoms with Crippen molar-refractivity contribution in [1.82, 2.24) is 23.7 Å². The van der Waals surface area contributed by atoms with Gasteiger partial charge in [-0.15, -0.1) is 0 Å². The quantitative estimate of drug-likeness (QED) is 0.0458. The molecule has 3 aliphatic heterocycles. The van der Waals surface area contributed by atoms with Crippen LogP contribution in [0.1, 0.15) is 52.4 Å². The maximum absolute atomic E-state index is 16.4. The Hall–Kier alpha value is -7.41. The van der Waals surface area contributed by atoms with E-state index in [0.29, 0.717) is 42.0 Å². The fourth-order valence-electron chi connectivity index (χ4n) is 10.5. The van der Waals surface area contributed by atoms with E-state index in [1.807, 2.05) is 100 Å². The zero-order valence-corrected chi connectivity index (χ0v) is 39.8. The van der Waals surface area contributed by atoms with Crippen molar-refractivity contribution in [3.8, 4) is 11.3 Å². The molecule has 0 saturated carbocycles. The van der Waals surface area contributed by atoms with Crippen molar-refractivity contribution in [2.75, 3.05) is 67.4 Å². The number of ketones is 1. The molecular weight excluding hydrogens is 932 g/mol. The number of benzene rings is 5. The highest BCUT2D eigenvalue weighted by Gasteiger charge is 2.54. The lowest BCUT2D eigenvalue weighted by Gasteiger charge is -2.62. The van der Waals surface area contributed by atoms with Crippen LogP contribution < -0.4 is 14.5 Å². The molecule has 18 heteroatoms. The molecule has 71 heavy (non-hydrogen) atoms. The number of nitro groups is 1. The van der Waals surface area contributed by atoms with Crippen molar-refractivity contribution in [3.05, 3.63) is 201 Å². The number of likely N-dealkylation sites (tertiary alicyclic amines) is 1. The lowest BCUT2D eigenvalue weighted by Crippen LogP contribution is -2.74. The van der Waals surface area contributed by atoms with Gasteiger partial charge in [-0.3, -0.25) is 24.5 Å². The number of nitro benzene ring substituents is 1. The number of nitrogens with zero attached hydrogens (tertiary/aromatic N) is 8. The Morgan fingerprint density at radius 1 is 0.803 bits per heavy atom. The first kappa shape index (κ1) is 47.3. The minimum atomic E-state index is -4.23. The van der Waals surface area contributed by atoms with Gasteiger partial charge in [0.05, 0.1) is 33.6 Å². The van der Waals surface area contributed by atoms with Crippen LogP contribution in [-0.2, 0) is 15.7 Å². The predicted molar refractivity (Wildman–Crippen MR) is 265 cm³/mol. The summed E-state index contributed by atoms with van der Waals surface area (Å²) in [6.07, 6.45) is 6.66. The molecule has 7 aromatic rings. The maximum atomic E-state index is 16.4. The van der Waals surface area contributed by atoms with Gasteiger partial charge < -0.3 is 14.4 Å². The SMILES string of the molecule is CCN(C)S(=O)(=O)Nc1ccc(F)c(C(=O)c2cc(-c3cnc(N4CC5(C4)CN(C4CCN(c6ccc([N+](=O)[O-])cc6F)CC4)C5)nc3)n(C(c3ccccc3)(c3ccccc3)c3ccccc3)c2)c1F. The summed E-state index contributed by atoms with van der Waals surface area (Å²) in [7, 11) is -2.92. The molecule has 0 aliphatic carbocycles. The van der Waals surface area contributed by atoms with Gasteiger partial charge in [0, 0.05) is 100 Å². The summed E-state index contributed by atoms with van der Waals surface area (Å²) >= 11 is 0. The van der Waals surface area contributed by atoms with E-state index in [9.17, 15) is 27.7 Å². The Kier molecular flexibility index (Phi) is 12.5. The van der Waals surface area contributed by atoms with Crippen LogP contribution in [0, 0.1) is 33.0 Å². The lowest BCUT2D eigenvalue weighted by molar-refractivity contribution is -0.385. The van der Waals surface area contributed by atoms with Crippen LogP contribution in [-0.4, -0.2) is 102 Å². The minimum Gasteiger partial charge on any atom is -0.369 e. The standard InChI is InChI=1S/C53H50F3N9O5S/c1-3-60(2)71(69,70)59-45-21-20-43(54)48(49(45)56)50(66)36-27-47(64(31-36)53(38-13-7-4-8-14-38,39-15-9-5-10-16-39)40-17-11-6-12-18-40)37-29-57-51(58-30-37)63-34-52(35-63)32-62(33-52)41-23-25-61(26-24-41)46-22-19-42(65(67)68)28-44(46)55/h4-22,27-31,41,59H,3,23-26,32-35H2,1-2H3. The summed E-state index contributed by atoms with van der Waals surface area (Å²) in [6, 6.07) is 36.7. The fourth-order valence-corrected chi connectivity index (χ4v) is 11.5. The van der Waals surface area contributed by atoms with E-state index in [0.717, 1.165) is 78.2 Å². The van der Waals surface area contributed by atoms with E-state index in [2.05, 4.69) is 14.5 Å². The average Bonchev–Trinajstić information content (AvgIpc) is 3.81. The van der Waals surface area contributed by atoms with Crippen LogP contribution in [0.5, 0.6) is 0 Å². The topological polar surface area (TPSA) is 150 Å². The fraction of sp³-hybridized carbons (Fsp3) is 0.264. The van der Waals surface area contributed by atoms with Crippen LogP contribution in [0.15, 0.2) is 146 Å². The Morgan fingerprint density at radius 2 is 1.38 bits per heavy atom. The number of rotatable bonds is 15. The molecule has 0 radical (unpaired) electrons. The summed E-state index contributed by atoms with van der Waals surface area (Å²) in [5.41, 5.74) is 0.927. The normalized spacial score (nSPS) is 16.2. The highest BCUT2D eigenvalue weighted by atomic mass is 32.2. The number of hydrogen-bond donors (Lipinski definition) is 1. The number of hydrogen-bond acceptors (Lipinski definition) is 10. The molecule has 0 atom stereocenters. The molecule has 0 unspecified atom stereocenters. The van der Waals surface area contributed by atoms with E-state index >= 15 is 8.78 Å². The molecule has 364 valence electrons. The van der Waals surface area contributed by atoms with Crippen LogP contribution >= 0.6 is 0 Å². The molecule has 0 bridgehead atoms. The zero-order chi connectivity index (χ0) is 49.7. The lowest BCUT2D eigenvalue weighted by atomic mass is 9.71. The van der Waals surface area contributed by atoms with Crippen LogP contribution in [0.2, 0.25) is 0 Å². The van der Waals surface area contributed by atoms with E-state index in [1.165, 1.54) is 19.2 Å². The zero-order valence-electron chi connectivity index (χ0n) is 39.0. The number of halogens is 3. The molecular formula is C53H50F3N9O5S. The number of carbonyl (C=O) groups is 1. The molecule has 0 amide bonds. The van der Waals surface area contributed by atoms with Gasteiger partial charge in [0.1, 0.15) is 11.4 Å². The number of non-ortho nitro benzene ring substituents is 1. The highest BCUT2D eigenvalue weighted by molar-refractivity contribution is 7.90. The Bertz CT molecular complexity index is 3120. The van der Waals surface area contributed by atoms with Gasteiger partial charge in [-0.25, -0.2) is 23.1 Å². The van der Waals surface area contributed by atoms with E-state index in [-0.39, 0.29) is 23.2 Å². The number of piperidine rings is 1. The molecule has 3 fully saturated rings. The molecule has 2 aromatic heterocycles. The molecule has 5 aromatic carbocycles. The first-order chi connectivity index (χ1) is 34.2. The highest BCUT2D eigenvalue weighted by Crippen LogP contribution is 2.46. The minimum absolute atomic E-state index is 0.0665. The molecule has 5 heterocycles. The van der Waals surface area contributed by atoms with Gasteiger partial charge in [0.25, 0.3) is 5.69 Å². The Labute approximate surface area is 409 Å². The van der Waals surface area contributed by atoms with Crippen LogP contribution in [0.4, 0.5) is 36.2 Å². The molecule has 1 spiro atoms. The third kappa shape index (κ3) is 8.59. The largest absolute Gasteiger partial charge is 0.369 e. The first-order valence-corrected chi connectivity index (χ1v) is 24.8. The summed E-state index contributed by atoms with van der Waals surface area (Å²) in [5.74, 6) is -3.58. The van der Waals surface area contributed by atoms with Gasteiger partial charge in [-0.1, -0.05) is 97.9 Å². The smallest absolute Gasteiger partial charge is 0.301 e. The number of carbonyl (C=O) groups excluding carboxylic acids is 1. The van der Waals surface area contributed by atoms with Gasteiger partial charge in [0.2, 0.25) is 11.7 Å². The second-order valence-electron chi connectivity index (χ2n) is 18.6. The van der Waals surface area contributed by atoms with Crippen molar-refractivity contribution < 1.29 is 31.3 Å². The molecule has 3 aliphatic rings. The maximum Gasteiger partial charge on any atom is 0.301 e. The van der Waals surface area contributed by atoms with E-state index in [1.54, 1.807) is 31.6 Å². The summed E-state index contributed by atoms with van der Waals surface area (Å²) in [4.78, 5) is 41.5. The second-order valence-corrected chi connectivity index (χ2v) is 20.3. The van der Waals surface area contributed by atoms with Crippen molar-refractivity contribution in [1.29, 1.82) is 0 Å². The molecule has 3 saturated heterocycles. The number of anilines is 3. The summed E-state index contributed by atoms with van der Waals surface area (Å²) in [5, 5.41) is 11.1. The van der Waals surface area contributed by atoms with Gasteiger partial charge in [-0.05, 0) is 53.8 Å². The molecule has 1 N–H and O–H groups in total. The Balaban J connectivity index is 0.953. The van der Waals surface area contributed by atoms with Crippen molar-refractivity contribution in [3.63, 3.8) is 0 Å². The molecule has 10 rings (SSSR count). The summed E-state index contributed by atoms with van der Waals surface area (Å²) < 4.78 is 78.0. The third-order valence-electron chi connectivity index (χ3n) is 14.2. The van der Waals surface area contributed by atoms with Crippen molar-refractivity contribution in [2.24, 2.45) is 5.41 Å². The van der Waals surface area contributed by atoms with Gasteiger partial charge in [-0.2, -0.15) is 12.7 Å². The number of aromatic nitrogens is 3. The van der Waals surface area contributed by atoms with Gasteiger partial charge in [0.15, 0.2) is 11.6 Å². The monoisotopic (exact) mass is 981 g/mol. The van der Waals surface area contributed by atoms with Gasteiger partial charge >= 0.3 is 10.2 Å². The van der Waals surface area contributed by atoms with Crippen molar-refractivity contribution >= 4 is 39.0 Å². The van der Waals surface area contributed by atoms with Crippen molar-refractivity contribution in [2.45, 2.75) is 31.3 Å². The average molecular weight is 982 g/mol. The summed E-state index contributed by atoms with van der Waals surface area (Å²) in [6.45, 7) is 6.32. The Morgan fingerprint density at radius 3 is 1.92 bits per heavy atom. The first-order valence-electron chi connectivity index (χ1n) is 23.4.